The molecule has 0 aliphatic heterocycles. The Hall–Kier alpha value is -0.820. The van der Waals surface area contributed by atoms with Gasteiger partial charge in [-0.2, -0.15) is 13.2 Å². The maximum absolute atomic E-state index is 12.5. The summed E-state index contributed by atoms with van der Waals surface area (Å²) < 4.78 is 37.6. The summed E-state index contributed by atoms with van der Waals surface area (Å²) in [7, 11) is 3.62. The highest BCUT2D eigenvalue weighted by Crippen LogP contribution is 2.27. The van der Waals surface area contributed by atoms with Gasteiger partial charge in [0.2, 0.25) is 5.91 Å². The summed E-state index contributed by atoms with van der Waals surface area (Å²) in [5, 5.41) is 2.27. The van der Waals surface area contributed by atoms with Crippen molar-refractivity contribution >= 4 is 5.91 Å². The van der Waals surface area contributed by atoms with Gasteiger partial charge in [0, 0.05) is 12.6 Å². The van der Waals surface area contributed by atoms with Gasteiger partial charge in [-0.05, 0) is 26.9 Å². The molecular weight excluding hydrogens is 247 g/mol. The molecule has 0 aliphatic rings. The molecule has 0 rings (SSSR count). The minimum atomic E-state index is -4.76. The van der Waals surface area contributed by atoms with E-state index in [1.165, 1.54) is 0 Å². The summed E-state index contributed by atoms with van der Waals surface area (Å²) in [5.74, 6) is -1.00. The highest BCUT2D eigenvalue weighted by atomic mass is 19.4. The molecule has 0 aromatic carbocycles. The van der Waals surface area contributed by atoms with Crippen LogP contribution in [-0.2, 0) is 4.79 Å². The lowest BCUT2D eigenvalue weighted by Gasteiger charge is -2.31. The first-order chi connectivity index (χ1) is 7.91. The van der Waals surface area contributed by atoms with Gasteiger partial charge in [-0.3, -0.25) is 4.79 Å². The zero-order chi connectivity index (χ0) is 14.7. The van der Waals surface area contributed by atoms with E-state index in [0.717, 1.165) is 0 Å². The van der Waals surface area contributed by atoms with E-state index in [4.69, 9.17) is 5.73 Å². The molecule has 0 aromatic rings. The van der Waals surface area contributed by atoms with E-state index < -0.39 is 17.6 Å². The van der Waals surface area contributed by atoms with Gasteiger partial charge in [-0.15, -0.1) is 0 Å². The van der Waals surface area contributed by atoms with Crippen LogP contribution in [0.15, 0.2) is 0 Å². The number of alkyl halides is 3. The van der Waals surface area contributed by atoms with Gasteiger partial charge in [-0.1, -0.05) is 13.8 Å². The number of hydrogen-bond acceptors (Lipinski definition) is 3. The number of nitrogens with two attached hydrogens (primary N) is 1. The van der Waals surface area contributed by atoms with Crippen molar-refractivity contribution in [1.82, 2.24) is 10.2 Å². The lowest BCUT2D eigenvalue weighted by molar-refractivity contribution is -0.187. The van der Waals surface area contributed by atoms with Crippen LogP contribution >= 0.6 is 0 Å². The fraction of sp³-hybridized carbons (Fsp3) is 0.909. The molecule has 0 saturated carbocycles. The Balaban J connectivity index is 4.60. The summed E-state index contributed by atoms with van der Waals surface area (Å²) in [5.41, 5.74) is 2.16. The zero-order valence-electron chi connectivity index (χ0n) is 11.4. The molecule has 7 heteroatoms. The standard InChI is InChI=1S/C11H22F3N3O/c1-7(2)8(17(4)5)6-16-9(18)10(3,15)11(12,13)14/h7-8H,6,15H2,1-5H3,(H,16,18). The second-order valence-electron chi connectivity index (χ2n) is 5.19. The number of rotatable bonds is 5. The second kappa shape index (κ2) is 5.88. The van der Waals surface area contributed by atoms with Crippen LogP contribution in [0, 0.1) is 5.92 Å². The summed E-state index contributed by atoms with van der Waals surface area (Å²) in [6.45, 7) is 4.67. The Morgan fingerprint density at radius 3 is 2.06 bits per heavy atom. The Bertz CT molecular complexity index is 280. The number of likely N-dealkylation sites (N-methyl/N-ethyl adjacent to an activating group) is 1. The van der Waals surface area contributed by atoms with Crippen molar-refractivity contribution in [3.8, 4) is 0 Å². The van der Waals surface area contributed by atoms with Crippen LogP contribution in [0.1, 0.15) is 20.8 Å². The average Bonchev–Trinajstić information content (AvgIpc) is 2.14. The Labute approximate surface area is 106 Å². The van der Waals surface area contributed by atoms with Gasteiger partial charge >= 0.3 is 6.18 Å². The first kappa shape index (κ1) is 17.2. The molecule has 0 radical (unpaired) electrons. The van der Waals surface area contributed by atoms with Crippen LogP contribution < -0.4 is 11.1 Å². The van der Waals surface area contributed by atoms with E-state index in [1.807, 2.05) is 32.8 Å². The van der Waals surface area contributed by atoms with Crippen molar-refractivity contribution in [2.45, 2.75) is 38.5 Å². The molecule has 0 bridgehead atoms. The average molecular weight is 269 g/mol. The molecule has 0 aromatic heterocycles. The molecule has 0 saturated heterocycles. The number of nitrogens with one attached hydrogen (secondary N) is 1. The maximum atomic E-state index is 12.5. The van der Waals surface area contributed by atoms with E-state index in [1.54, 1.807) is 0 Å². The topological polar surface area (TPSA) is 58.4 Å². The summed E-state index contributed by atoms with van der Waals surface area (Å²) in [6, 6.07) is -0.0435. The predicted molar refractivity (Wildman–Crippen MR) is 64.0 cm³/mol. The highest BCUT2D eigenvalue weighted by molar-refractivity contribution is 5.86. The van der Waals surface area contributed by atoms with E-state index in [-0.39, 0.29) is 18.5 Å². The first-order valence-electron chi connectivity index (χ1n) is 5.71. The van der Waals surface area contributed by atoms with Gasteiger partial charge in [0.15, 0.2) is 5.54 Å². The smallest absolute Gasteiger partial charge is 0.353 e. The van der Waals surface area contributed by atoms with Gasteiger partial charge < -0.3 is 16.0 Å². The van der Waals surface area contributed by atoms with Gasteiger partial charge in [0.1, 0.15) is 0 Å². The molecule has 0 fully saturated rings. The van der Waals surface area contributed by atoms with Crippen LogP contribution in [0.3, 0.4) is 0 Å². The second-order valence-corrected chi connectivity index (χ2v) is 5.19. The van der Waals surface area contributed by atoms with Crippen LogP contribution in [-0.4, -0.2) is 49.2 Å². The van der Waals surface area contributed by atoms with E-state index in [2.05, 4.69) is 5.32 Å². The first-order valence-corrected chi connectivity index (χ1v) is 5.71. The fourth-order valence-electron chi connectivity index (χ4n) is 1.52. The molecule has 0 heterocycles. The number of nitrogens with zero attached hydrogens (tertiary/aromatic N) is 1. The number of amides is 1. The predicted octanol–water partition coefficient (Wildman–Crippen LogP) is 0.969. The van der Waals surface area contributed by atoms with Crippen LogP contribution in [0.4, 0.5) is 13.2 Å². The number of carbonyl (C=O) groups excluding carboxylic acids is 1. The third kappa shape index (κ3) is 4.13. The van der Waals surface area contributed by atoms with Crippen molar-refractivity contribution in [1.29, 1.82) is 0 Å². The largest absolute Gasteiger partial charge is 0.415 e. The third-order valence-corrected chi connectivity index (χ3v) is 2.97. The minimum Gasteiger partial charge on any atom is -0.353 e. The van der Waals surface area contributed by atoms with Crippen molar-refractivity contribution in [2.75, 3.05) is 20.6 Å². The summed E-state index contributed by atoms with van der Waals surface area (Å²) >= 11 is 0. The van der Waals surface area contributed by atoms with Crippen LogP contribution in [0.5, 0.6) is 0 Å². The molecule has 2 unspecified atom stereocenters. The van der Waals surface area contributed by atoms with Gasteiger partial charge in [0.05, 0.1) is 0 Å². The van der Waals surface area contributed by atoms with Gasteiger partial charge in [0.25, 0.3) is 0 Å². The maximum Gasteiger partial charge on any atom is 0.415 e. The molecule has 18 heavy (non-hydrogen) atoms. The summed E-state index contributed by atoms with van der Waals surface area (Å²) in [6.07, 6.45) is -4.76. The fourth-order valence-corrected chi connectivity index (χ4v) is 1.52. The van der Waals surface area contributed by atoms with Crippen molar-refractivity contribution < 1.29 is 18.0 Å². The highest BCUT2D eigenvalue weighted by Gasteiger charge is 2.53. The monoisotopic (exact) mass is 269 g/mol. The molecule has 108 valence electrons. The zero-order valence-corrected chi connectivity index (χ0v) is 11.4. The van der Waals surface area contributed by atoms with E-state index >= 15 is 0 Å². The molecule has 4 nitrogen and oxygen atoms in total. The van der Waals surface area contributed by atoms with E-state index in [9.17, 15) is 18.0 Å². The Morgan fingerprint density at radius 1 is 1.33 bits per heavy atom. The molecule has 0 aliphatic carbocycles. The van der Waals surface area contributed by atoms with Crippen molar-refractivity contribution in [3.05, 3.63) is 0 Å². The van der Waals surface area contributed by atoms with E-state index in [0.29, 0.717) is 6.92 Å². The normalized spacial score (nSPS) is 17.7. The SMILES string of the molecule is CC(C)C(CNC(=O)C(C)(N)C(F)(F)F)N(C)C. The molecule has 1 amide bonds. The molecule has 2 atom stereocenters. The van der Waals surface area contributed by atoms with Crippen molar-refractivity contribution in [3.63, 3.8) is 0 Å². The summed E-state index contributed by atoms with van der Waals surface area (Å²) in [4.78, 5) is 13.3. The molecular formula is C11H22F3N3O. The number of carbonyl (C=O) groups is 1. The lowest BCUT2D eigenvalue weighted by Crippen LogP contribution is -2.62. The Morgan fingerprint density at radius 2 is 1.78 bits per heavy atom. The van der Waals surface area contributed by atoms with Crippen LogP contribution in [0.2, 0.25) is 0 Å². The Kier molecular flexibility index (Phi) is 5.61. The molecule has 3 N–H and O–H groups in total. The third-order valence-electron chi connectivity index (χ3n) is 2.97. The lowest BCUT2D eigenvalue weighted by atomic mass is 10.00. The van der Waals surface area contributed by atoms with Crippen LogP contribution in [0.25, 0.3) is 0 Å². The number of hydrogen-bond donors (Lipinski definition) is 2. The number of halogens is 3. The van der Waals surface area contributed by atoms with Gasteiger partial charge in [-0.25, -0.2) is 0 Å². The quantitative estimate of drug-likeness (QED) is 0.782. The molecule has 0 spiro atoms. The minimum absolute atomic E-state index is 0.0435. The van der Waals surface area contributed by atoms with Crippen molar-refractivity contribution in [2.24, 2.45) is 11.7 Å².